The van der Waals surface area contributed by atoms with E-state index in [1.165, 1.54) is 0 Å². The normalized spacial score (nSPS) is 26.6. The molecule has 0 spiro atoms. The molecule has 0 bridgehead atoms. The van der Waals surface area contributed by atoms with Crippen molar-refractivity contribution in [3.05, 3.63) is 0 Å². The number of sulfonamides is 1. The first-order valence-electron chi connectivity index (χ1n) is 5.15. The average Bonchev–Trinajstić information content (AvgIpc) is 2.02. The summed E-state index contributed by atoms with van der Waals surface area (Å²) in [5.74, 6) is 0.279. The lowest BCUT2D eigenvalue weighted by Gasteiger charge is -2.37. The van der Waals surface area contributed by atoms with Gasteiger partial charge >= 0.3 is 0 Å². The second-order valence-electron chi connectivity index (χ2n) is 4.04. The smallest absolute Gasteiger partial charge is 0.214 e. The number of hydrogen-bond acceptors (Lipinski definition) is 3. The summed E-state index contributed by atoms with van der Waals surface area (Å²) >= 11 is 0. The van der Waals surface area contributed by atoms with E-state index in [0.717, 1.165) is 13.1 Å². The molecule has 0 aromatic heterocycles. The summed E-state index contributed by atoms with van der Waals surface area (Å²) in [6.07, 6.45) is 0.696. The van der Waals surface area contributed by atoms with Crippen LogP contribution in [0.5, 0.6) is 0 Å². The SMILES string of the molecule is CCCS(=O)(=O)N1CCN(C)CC1C. The van der Waals surface area contributed by atoms with Gasteiger partial charge in [0.25, 0.3) is 0 Å². The molecule has 1 fully saturated rings. The highest BCUT2D eigenvalue weighted by Gasteiger charge is 2.30. The molecule has 1 rings (SSSR count). The lowest BCUT2D eigenvalue weighted by molar-refractivity contribution is 0.170. The summed E-state index contributed by atoms with van der Waals surface area (Å²) < 4.78 is 25.3. The highest BCUT2D eigenvalue weighted by atomic mass is 32.2. The number of nitrogens with zero attached hydrogens (tertiary/aromatic N) is 2. The standard InChI is InChI=1S/C9H20N2O2S/c1-4-7-14(12,13)11-6-5-10(3)8-9(11)2/h9H,4-8H2,1-3H3. The van der Waals surface area contributed by atoms with E-state index in [1.807, 2.05) is 20.9 Å². The van der Waals surface area contributed by atoms with Crippen molar-refractivity contribution in [3.63, 3.8) is 0 Å². The van der Waals surface area contributed by atoms with Gasteiger partial charge in [-0.3, -0.25) is 0 Å². The highest BCUT2D eigenvalue weighted by molar-refractivity contribution is 7.89. The number of piperazine rings is 1. The zero-order chi connectivity index (χ0) is 10.8. The van der Waals surface area contributed by atoms with Crippen LogP contribution in [0.25, 0.3) is 0 Å². The van der Waals surface area contributed by atoms with Gasteiger partial charge in [-0.2, -0.15) is 4.31 Å². The van der Waals surface area contributed by atoms with Gasteiger partial charge in [-0.25, -0.2) is 8.42 Å². The van der Waals surface area contributed by atoms with E-state index in [4.69, 9.17) is 0 Å². The number of rotatable bonds is 3. The average molecular weight is 220 g/mol. The van der Waals surface area contributed by atoms with Gasteiger partial charge in [-0.1, -0.05) is 6.92 Å². The molecule has 0 amide bonds. The van der Waals surface area contributed by atoms with Crippen LogP contribution < -0.4 is 0 Å². The molecule has 14 heavy (non-hydrogen) atoms. The van der Waals surface area contributed by atoms with E-state index >= 15 is 0 Å². The minimum Gasteiger partial charge on any atom is -0.303 e. The third kappa shape index (κ3) is 2.68. The summed E-state index contributed by atoms with van der Waals surface area (Å²) in [6, 6.07) is 0.116. The molecule has 0 saturated carbocycles. The maximum absolute atomic E-state index is 11.8. The molecule has 5 heteroatoms. The van der Waals surface area contributed by atoms with E-state index in [-0.39, 0.29) is 11.8 Å². The Kier molecular flexibility index (Phi) is 3.92. The predicted molar refractivity (Wildman–Crippen MR) is 57.7 cm³/mol. The molecule has 0 aromatic carbocycles. The number of hydrogen-bond donors (Lipinski definition) is 0. The summed E-state index contributed by atoms with van der Waals surface area (Å²) in [5, 5.41) is 0. The zero-order valence-corrected chi connectivity index (χ0v) is 10.0. The van der Waals surface area contributed by atoms with Crippen LogP contribution in [0.3, 0.4) is 0 Å². The fourth-order valence-corrected chi connectivity index (χ4v) is 3.64. The van der Waals surface area contributed by atoms with Gasteiger partial charge in [0, 0.05) is 25.7 Å². The first kappa shape index (κ1) is 11.9. The quantitative estimate of drug-likeness (QED) is 0.689. The van der Waals surface area contributed by atoms with Crippen LogP contribution in [0.2, 0.25) is 0 Å². The largest absolute Gasteiger partial charge is 0.303 e. The Morgan fingerprint density at radius 1 is 1.36 bits per heavy atom. The molecule has 1 saturated heterocycles. The molecule has 0 radical (unpaired) electrons. The summed E-state index contributed by atoms with van der Waals surface area (Å²) in [7, 11) is -0.971. The van der Waals surface area contributed by atoms with Gasteiger partial charge in [-0.15, -0.1) is 0 Å². The van der Waals surface area contributed by atoms with Crippen molar-refractivity contribution in [2.24, 2.45) is 0 Å². The fourth-order valence-electron chi connectivity index (χ4n) is 1.91. The number of likely N-dealkylation sites (N-methyl/N-ethyl adjacent to an activating group) is 1. The molecule has 1 aliphatic rings. The van der Waals surface area contributed by atoms with E-state index in [2.05, 4.69) is 4.90 Å². The molecule has 0 aliphatic carbocycles. The van der Waals surface area contributed by atoms with Crippen LogP contribution in [0, 0.1) is 0 Å². The summed E-state index contributed by atoms with van der Waals surface area (Å²) in [4.78, 5) is 2.17. The Balaban J connectivity index is 2.69. The van der Waals surface area contributed by atoms with Crippen LogP contribution in [-0.2, 0) is 10.0 Å². The van der Waals surface area contributed by atoms with Gasteiger partial charge in [0.1, 0.15) is 0 Å². The first-order chi connectivity index (χ1) is 6.47. The minimum atomic E-state index is -3.00. The summed E-state index contributed by atoms with van der Waals surface area (Å²) in [5.41, 5.74) is 0. The van der Waals surface area contributed by atoms with E-state index in [1.54, 1.807) is 4.31 Å². The van der Waals surface area contributed by atoms with Gasteiger partial charge in [0.05, 0.1) is 5.75 Å². The maximum Gasteiger partial charge on any atom is 0.214 e. The molecule has 1 aliphatic heterocycles. The third-order valence-electron chi connectivity index (χ3n) is 2.59. The Bertz CT molecular complexity index is 277. The Morgan fingerprint density at radius 2 is 2.00 bits per heavy atom. The Labute approximate surface area is 86.9 Å². The third-order valence-corrected chi connectivity index (χ3v) is 4.77. The van der Waals surface area contributed by atoms with E-state index < -0.39 is 10.0 Å². The molecular weight excluding hydrogens is 200 g/mol. The van der Waals surface area contributed by atoms with Crippen LogP contribution in [-0.4, -0.2) is 56.1 Å². The van der Waals surface area contributed by atoms with Crippen molar-refractivity contribution in [1.29, 1.82) is 0 Å². The molecule has 4 nitrogen and oxygen atoms in total. The van der Waals surface area contributed by atoms with Crippen molar-refractivity contribution in [2.45, 2.75) is 26.3 Å². The Hall–Kier alpha value is -0.130. The molecular formula is C9H20N2O2S. The van der Waals surface area contributed by atoms with Gasteiger partial charge in [0.15, 0.2) is 0 Å². The van der Waals surface area contributed by atoms with Crippen molar-refractivity contribution in [2.75, 3.05) is 32.4 Å². The molecule has 1 unspecified atom stereocenters. The molecule has 1 atom stereocenters. The lowest BCUT2D eigenvalue weighted by Crippen LogP contribution is -2.53. The van der Waals surface area contributed by atoms with Crippen LogP contribution >= 0.6 is 0 Å². The van der Waals surface area contributed by atoms with Crippen LogP contribution in [0.4, 0.5) is 0 Å². The van der Waals surface area contributed by atoms with Crippen molar-refractivity contribution >= 4 is 10.0 Å². The topological polar surface area (TPSA) is 40.6 Å². The maximum atomic E-state index is 11.8. The molecule has 0 N–H and O–H groups in total. The lowest BCUT2D eigenvalue weighted by atomic mass is 10.2. The second-order valence-corrected chi connectivity index (χ2v) is 6.08. The Morgan fingerprint density at radius 3 is 2.50 bits per heavy atom. The van der Waals surface area contributed by atoms with Crippen LogP contribution in [0.15, 0.2) is 0 Å². The van der Waals surface area contributed by atoms with Gasteiger partial charge < -0.3 is 4.90 Å². The zero-order valence-electron chi connectivity index (χ0n) is 9.23. The van der Waals surface area contributed by atoms with Crippen molar-refractivity contribution in [3.8, 4) is 0 Å². The fraction of sp³-hybridized carbons (Fsp3) is 1.00. The predicted octanol–water partition coefficient (Wildman–Crippen LogP) is 0.362. The van der Waals surface area contributed by atoms with Gasteiger partial charge in [-0.05, 0) is 20.4 Å². The van der Waals surface area contributed by atoms with Crippen LogP contribution in [0.1, 0.15) is 20.3 Å². The minimum absolute atomic E-state index is 0.116. The monoisotopic (exact) mass is 220 g/mol. The second kappa shape index (κ2) is 4.59. The molecule has 0 aromatic rings. The highest BCUT2D eigenvalue weighted by Crippen LogP contribution is 2.13. The first-order valence-corrected chi connectivity index (χ1v) is 6.76. The summed E-state index contributed by atoms with van der Waals surface area (Å²) in [6.45, 7) is 6.19. The van der Waals surface area contributed by atoms with E-state index in [0.29, 0.717) is 13.0 Å². The van der Waals surface area contributed by atoms with Crippen molar-refractivity contribution in [1.82, 2.24) is 9.21 Å². The molecule has 1 heterocycles. The van der Waals surface area contributed by atoms with Gasteiger partial charge in [0.2, 0.25) is 10.0 Å². The van der Waals surface area contributed by atoms with E-state index in [9.17, 15) is 8.42 Å². The van der Waals surface area contributed by atoms with Crippen molar-refractivity contribution < 1.29 is 8.42 Å². The molecule has 84 valence electrons.